The molecule has 0 heterocycles. The number of halogens is 3. The highest BCUT2D eigenvalue weighted by Gasteiger charge is 2.49. The number of hydrogen-bond acceptors (Lipinski definition) is 2. The molecular weight excluding hydrogens is 235 g/mol. The molecule has 1 atom stereocenters. The van der Waals surface area contributed by atoms with E-state index >= 15 is 0 Å². The van der Waals surface area contributed by atoms with Gasteiger partial charge in [0.1, 0.15) is 6.04 Å². The van der Waals surface area contributed by atoms with Crippen LogP contribution in [-0.4, -0.2) is 40.8 Å². The molecule has 2 rings (SSSR count). The van der Waals surface area contributed by atoms with Crippen molar-refractivity contribution in [2.75, 3.05) is 6.54 Å². The Kier molecular flexibility index (Phi) is 3.34. The first-order valence-corrected chi connectivity index (χ1v) is 5.92. The average molecular weight is 251 g/mol. The van der Waals surface area contributed by atoms with Crippen molar-refractivity contribution >= 4 is 5.97 Å². The molecule has 0 radical (unpaired) electrons. The van der Waals surface area contributed by atoms with Crippen LogP contribution in [0.5, 0.6) is 0 Å². The van der Waals surface area contributed by atoms with Gasteiger partial charge < -0.3 is 5.11 Å². The molecule has 2 saturated carbocycles. The van der Waals surface area contributed by atoms with Crippen molar-refractivity contribution in [1.29, 1.82) is 0 Å². The fraction of sp³-hybridized carbons (Fsp3) is 0.909. The molecule has 6 heteroatoms. The number of rotatable bonds is 6. The smallest absolute Gasteiger partial charge is 0.404 e. The molecule has 0 aliphatic heterocycles. The summed E-state index contributed by atoms with van der Waals surface area (Å²) in [6, 6.07) is -1.87. The maximum absolute atomic E-state index is 12.9. The van der Waals surface area contributed by atoms with E-state index < -0.39 is 24.6 Å². The zero-order valence-corrected chi connectivity index (χ0v) is 9.41. The Hall–Kier alpha value is -0.780. The van der Waals surface area contributed by atoms with Crippen LogP contribution in [0.3, 0.4) is 0 Å². The highest BCUT2D eigenvalue weighted by molar-refractivity contribution is 5.67. The van der Waals surface area contributed by atoms with Crippen molar-refractivity contribution in [3.05, 3.63) is 0 Å². The Bertz CT molecular complexity index is 298. The van der Waals surface area contributed by atoms with Crippen LogP contribution in [0.15, 0.2) is 0 Å². The van der Waals surface area contributed by atoms with E-state index in [9.17, 15) is 18.0 Å². The van der Waals surface area contributed by atoms with Crippen LogP contribution in [0.1, 0.15) is 32.1 Å². The Balaban J connectivity index is 2.06. The van der Waals surface area contributed by atoms with Gasteiger partial charge in [0, 0.05) is 12.6 Å². The summed E-state index contributed by atoms with van der Waals surface area (Å²) in [6.07, 6.45) is -1.82. The van der Waals surface area contributed by atoms with Gasteiger partial charge in [-0.15, -0.1) is 0 Å². The van der Waals surface area contributed by atoms with Gasteiger partial charge in [0.25, 0.3) is 0 Å². The second-order valence-electron chi connectivity index (χ2n) is 5.03. The predicted molar refractivity (Wildman–Crippen MR) is 54.5 cm³/mol. The minimum Gasteiger partial charge on any atom is -0.481 e. The molecule has 98 valence electrons. The second kappa shape index (κ2) is 4.48. The van der Waals surface area contributed by atoms with E-state index in [1.165, 1.54) is 4.90 Å². The van der Waals surface area contributed by atoms with E-state index in [-0.39, 0.29) is 6.04 Å². The first-order chi connectivity index (χ1) is 7.88. The number of carbonyl (C=O) groups is 1. The minimum atomic E-state index is -4.45. The van der Waals surface area contributed by atoms with Crippen molar-refractivity contribution in [1.82, 2.24) is 4.90 Å². The molecule has 0 amide bonds. The van der Waals surface area contributed by atoms with Gasteiger partial charge in [-0.3, -0.25) is 9.69 Å². The lowest BCUT2D eigenvalue weighted by Gasteiger charge is -2.32. The van der Waals surface area contributed by atoms with Gasteiger partial charge in [-0.25, -0.2) is 0 Å². The Labute approximate surface area is 97.6 Å². The number of alkyl halides is 3. The van der Waals surface area contributed by atoms with E-state index in [1.807, 2.05) is 0 Å². The highest BCUT2D eigenvalue weighted by atomic mass is 19.4. The third kappa shape index (κ3) is 3.59. The van der Waals surface area contributed by atoms with Gasteiger partial charge in [0.15, 0.2) is 0 Å². The third-order valence-corrected chi connectivity index (χ3v) is 3.33. The zero-order chi connectivity index (χ0) is 12.6. The van der Waals surface area contributed by atoms with Crippen LogP contribution < -0.4 is 0 Å². The standard InChI is InChI=1S/C11H16F3NO2/c12-11(13,14)9(5-10(16)17)15(8-3-4-8)6-7-1-2-7/h7-9H,1-6H2,(H,16,17). The number of carboxylic acid groups (broad SMARTS) is 1. The largest absolute Gasteiger partial charge is 0.481 e. The molecule has 17 heavy (non-hydrogen) atoms. The van der Waals surface area contributed by atoms with Gasteiger partial charge in [-0.1, -0.05) is 0 Å². The van der Waals surface area contributed by atoms with Gasteiger partial charge in [-0.05, 0) is 31.6 Å². The van der Waals surface area contributed by atoms with Crippen LogP contribution in [-0.2, 0) is 4.79 Å². The summed E-state index contributed by atoms with van der Waals surface area (Å²) < 4.78 is 38.7. The lowest BCUT2D eigenvalue weighted by atomic mass is 10.1. The number of aliphatic carboxylic acids is 1. The van der Waals surface area contributed by atoms with Crippen LogP contribution in [0.2, 0.25) is 0 Å². The molecule has 2 aliphatic rings. The highest BCUT2D eigenvalue weighted by Crippen LogP contribution is 2.40. The summed E-state index contributed by atoms with van der Waals surface area (Å²) in [7, 11) is 0. The third-order valence-electron chi connectivity index (χ3n) is 3.33. The average Bonchev–Trinajstić information content (AvgIpc) is 2.98. The van der Waals surface area contributed by atoms with Crippen LogP contribution in [0.25, 0.3) is 0 Å². The molecule has 1 N–H and O–H groups in total. The van der Waals surface area contributed by atoms with Crippen LogP contribution in [0, 0.1) is 5.92 Å². The van der Waals surface area contributed by atoms with Crippen molar-refractivity contribution in [3.8, 4) is 0 Å². The second-order valence-corrected chi connectivity index (χ2v) is 5.03. The molecule has 1 unspecified atom stereocenters. The maximum Gasteiger partial charge on any atom is 0.404 e. The molecule has 0 aromatic carbocycles. The zero-order valence-electron chi connectivity index (χ0n) is 9.41. The molecular formula is C11H16F3NO2. The van der Waals surface area contributed by atoms with Gasteiger partial charge in [0.2, 0.25) is 0 Å². The SMILES string of the molecule is O=C(O)CC(N(CC1CC1)C1CC1)C(F)(F)F. The molecule has 3 nitrogen and oxygen atoms in total. The number of nitrogens with zero attached hydrogens (tertiary/aromatic N) is 1. The molecule has 2 fully saturated rings. The van der Waals surface area contributed by atoms with Crippen molar-refractivity contribution in [3.63, 3.8) is 0 Å². The summed E-state index contributed by atoms with van der Waals surface area (Å²) in [5.41, 5.74) is 0. The van der Waals surface area contributed by atoms with E-state index in [2.05, 4.69) is 0 Å². The summed E-state index contributed by atoms with van der Waals surface area (Å²) >= 11 is 0. The van der Waals surface area contributed by atoms with E-state index in [1.54, 1.807) is 0 Å². The fourth-order valence-corrected chi connectivity index (χ4v) is 2.12. The summed E-state index contributed by atoms with van der Waals surface area (Å²) in [5.74, 6) is -1.04. The molecule has 2 aliphatic carbocycles. The van der Waals surface area contributed by atoms with Gasteiger partial charge in [-0.2, -0.15) is 13.2 Å². The van der Waals surface area contributed by atoms with Crippen LogP contribution >= 0.6 is 0 Å². The summed E-state index contributed by atoms with van der Waals surface area (Å²) in [6.45, 7) is 0.405. The Morgan fingerprint density at radius 2 is 1.88 bits per heavy atom. The lowest BCUT2D eigenvalue weighted by Crippen LogP contribution is -2.49. The first-order valence-electron chi connectivity index (χ1n) is 5.92. The minimum absolute atomic E-state index is 0.0541. The lowest BCUT2D eigenvalue weighted by molar-refractivity contribution is -0.192. The molecule has 0 bridgehead atoms. The van der Waals surface area contributed by atoms with Crippen molar-refractivity contribution < 1.29 is 23.1 Å². The number of carboxylic acids is 1. The van der Waals surface area contributed by atoms with Crippen molar-refractivity contribution in [2.24, 2.45) is 5.92 Å². The predicted octanol–water partition coefficient (Wildman–Crippen LogP) is 2.27. The number of hydrogen-bond donors (Lipinski definition) is 1. The molecule has 0 spiro atoms. The van der Waals surface area contributed by atoms with Crippen molar-refractivity contribution in [2.45, 2.75) is 50.4 Å². The van der Waals surface area contributed by atoms with E-state index in [4.69, 9.17) is 5.11 Å². The monoisotopic (exact) mass is 251 g/mol. The van der Waals surface area contributed by atoms with E-state index in [0.717, 1.165) is 25.7 Å². The van der Waals surface area contributed by atoms with Crippen LogP contribution in [0.4, 0.5) is 13.2 Å². The molecule has 0 aromatic heterocycles. The fourth-order valence-electron chi connectivity index (χ4n) is 2.12. The Morgan fingerprint density at radius 1 is 1.29 bits per heavy atom. The normalized spacial score (nSPS) is 22.8. The van der Waals surface area contributed by atoms with Gasteiger partial charge >= 0.3 is 12.1 Å². The summed E-state index contributed by atoms with van der Waals surface area (Å²) in [4.78, 5) is 12.0. The van der Waals surface area contributed by atoms with E-state index in [0.29, 0.717) is 12.5 Å². The summed E-state index contributed by atoms with van der Waals surface area (Å²) in [5, 5.41) is 8.62. The Morgan fingerprint density at radius 3 is 2.24 bits per heavy atom. The van der Waals surface area contributed by atoms with Gasteiger partial charge in [0.05, 0.1) is 6.42 Å². The first kappa shape index (κ1) is 12.7. The maximum atomic E-state index is 12.9. The molecule has 0 saturated heterocycles. The topological polar surface area (TPSA) is 40.5 Å². The molecule has 0 aromatic rings. The quantitative estimate of drug-likeness (QED) is 0.787.